The van der Waals surface area contributed by atoms with Crippen LogP contribution in [-0.4, -0.2) is 40.0 Å². The van der Waals surface area contributed by atoms with Crippen molar-refractivity contribution in [2.45, 2.75) is 38.3 Å². The van der Waals surface area contributed by atoms with Gasteiger partial charge in [-0.15, -0.1) is 0 Å². The molecule has 2 aliphatic rings. The van der Waals surface area contributed by atoms with Crippen molar-refractivity contribution < 1.29 is 0 Å². The summed E-state index contributed by atoms with van der Waals surface area (Å²) in [5.74, 6) is 0.892. The minimum absolute atomic E-state index is 0.516. The molecule has 1 aromatic heterocycles. The summed E-state index contributed by atoms with van der Waals surface area (Å²) in [5, 5.41) is 4.09. The molecule has 0 bridgehead atoms. The maximum absolute atomic E-state index is 6.01. The van der Waals surface area contributed by atoms with Crippen LogP contribution >= 0.6 is 11.6 Å². The van der Waals surface area contributed by atoms with Crippen molar-refractivity contribution in [3.8, 4) is 0 Å². The first kappa shape index (κ1) is 11.2. The Labute approximate surface area is 106 Å². The summed E-state index contributed by atoms with van der Waals surface area (Å²) < 4.78 is 0. The van der Waals surface area contributed by atoms with Crippen LogP contribution in [-0.2, 0) is 0 Å². The molecular formula is C12H17ClN4. The van der Waals surface area contributed by atoms with E-state index < -0.39 is 0 Å². The van der Waals surface area contributed by atoms with Crippen LogP contribution < -0.4 is 5.32 Å². The van der Waals surface area contributed by atoms with Gasteiger partial charge in [0.2, 0.25) is 0 Å². The predicted molar refractivity (Wildman–Crippen MR) is 68.4 cm³/mol. The van der Waals surface area contributed by atoms with Crippen LogP contribution in [0.1, 0.15) is 24.8 Å². The predicted octanol–water partition coefficient (Wildman–Crippen LogP) is 2.09. The third-order valence-corrected chi connectivity index (χ3v) is 4.33. The van der Waals surface area contributed by atoms with Crippen LogP contribution in [0.25, 0.3) is 0 Å². The highest BCUT2D eigenvalue weighted by molar-refractivity contribution is 6.30. The highest BCUT2D eigenvalue weighted by Gasteiger charge is 2.37. The number of nitrogens with zero attached hydrogens (tertiary/aromatic N) is 3. The molecule has 0 saturated carbocycles. The van der Waals surface area contributed by atoms with Gasteiger partial charge in [-0.05, 0) is 32.7 Å². The van der Waals surface area contributed by atoms with Gasteiger partial charge < -0.3 is 5.32 Å². The molecule has 0 spiro atoms. The topological polar surface area (TPSA) is 41.1 Å². The van der Waals surface area contributed by atoms with Crippen LogP contribution in [0.5, 0.6) is 0 Å². The second-order valence-electron chi connectivity index (χ2n) is 4.92. The van der Waals surface area contributed by atoms with Gasteiger partial charge in [0.1, 0.15) is 17.3 Å². The molecule has 2 aliphatic heterocycles. The van der Waals surface area contributed by atoms with Crippen LogP contribution in [0, 0.1) is 6.92 Å². The van der Waals surface area contributed by atoms with E-state index in [0.717, 1.165) is 11.4 Å². The van der Waals surface area contributed by atoms with Crippen molar-refractivity contribution in [1.29, 1.82) is 0 Å². The average molecular weight is 253 g/mol. The first-order chi connectivity index (χ1) is 8.25. The molecule has 2 fully saturated rings. The molecule has 3 rings (SSSR count). The molecular weight excluding hydrogens is 236 g/mol. The zero-order valence-electron chi connectivity index (χ0n) is 9.99. The molecule has 1 aromatic rings. The smallest absolute Gasteiger partial charge is 0.137 e. The van der Waals surface area contributed by atoms with Crippen molar-refractivity contribution >= 4 is 17.4 Å². The van der Waals surface area contributed by atoms with E-state index in [1.165, 1.54) is 38.7 Å². The maximum Gasteiger partial charge on any atom is 0.137 e. The van der Waals surface area contributed by atoms with Gasteiger partial charge in [0, 0.05) is 24.2 Å². The highest BCUT2D eigenvalue weighted by atomic mass is 35.5. The standard InChI is InChI=1S/C12H17ClN4/c1-8-11(13)14-7-15-12(8)16-9-4-6-17-5-2-3-10(9)17/h7,9-10H,2-6H2,1H3,(H,14,15,16). The van der Waals surface area contributed by atoms with Gasteiger partial charge in [0.05, 0.1) is 0 Å². The third-order valence-electron chi connectivity index (χ3n) is 3.95. The molecule has 2 atom stereocenters. The number of halogens is 1. The summed E-state index contributed by atoms with van der Waals surface area (Å²) in [6.45, 7) is 4.43. The molecule has 4 nitrogen and oxygen atoms in total. The first-order valence-electron chi connectivity index (χ1n) is 6.23. The van der Waals surface area contributed by atoms with Crippen molar-refractivity contribution in [3.05, 3.63) is 17.0 Å². The number of hydrogen-bond donors (Lipinski definition) is 1. The minimum Gasteiger partial charge on any atom is -0.365 e. The molecule has 17 heavy (non-hydrogen) atoms. The van der Waals surface area contributed by atoms with E-state index in [0.29, 0.717) is 17.2 Å². The SMILES string of the molecule is Cc1c(Cl)ncnc1NC1CCN2CCCC12. The molecule has 1 N–H and O–H groups in total. The Morgan fingerprint density at radius 1 is 1.35 bits per heavy atom. The molecule has 0 aliphatic carbocycles. The van der Waals surface area contributed by atoms with Crippen LogP contribution in [0.15, 0.2) is 6.33 Å². The number of rotatable bonds is 2. The lowest BCUT2D eigenvalue weighted by Gasteiger charge is -2.22. The van der Waals surface area contributed by atoms with Gasteiger partial charge >= 0.3 is 0 Å². The fourth-order valence-corrected chi connectivity index (χ4v) is 3.13. The van der Waals surface area contributed by atoms with E-state index in [1.807, 2.05) is 6.92 Å². The van der Waals surface area contributed by atoms with Crippen molar-refractivity contribution in [3.63, 3.8) is 0 Å². The van der Waals surface area contributed by atoms with Gasteiger partial charge in [-0.2, -0.15) is 0 Å². The Balaban J connectivity index is 1.76. The monoisotopic (exact) mass is 252 g/mol. The van der Waals surface area contributed by atoms with Gasteiger partial charge in [-0.25, -0.2) is 9.97 Å². The minimum atomic E-state index is 0.516. The van der Waals surface area contributed by atoms with E-state index >= 15 is 0 Å². The zero-order chi connectivity index (χ0) is 11.8. The molecule has 92 valence electrons. The van der Waals surface area contributed by atoms with E-state index in [-0.39, 0.29) is 0 Å². The molecule has 2 saturated heterocycles. The Morgan fingerprint density at radius 3 is 3.12 bits per heavy atom. The van der Waals surface area contributed by atoms with Crippen molar-refractivity contribution in [2.75, 3.05) is 18.4 Å². The summed E-state index contributed by atoms with van der Waals surface area (Å²) >= 11 is 6.01. The second kappa shape index (κ2) is 4.42. The number of aromatic nitrogens is 2. The third kappa shape index (κ3) is 2.00. The van der Waals surface area contributed by atoms with Crippen molar-refractivity contribution in [2.24, 2.45) is 0 Å². The molecule has 0 aromatic carbocycles. The van der Waals surface area contributed by atoms with E-state index in [1.54, 1.807) is 0 Å². The molecule has 3 heterocycles. The average Bonchev–Trinajstić information content (AvgIpc) is 2.89. The quantitative estimate of drug-likeness (QED) is 0.819. The summed E-state index contributed by atoms with van der Waals surface area (Å²) in [6.07, 6.45) is 5.35. The van der Waals surface area contributed by atoms with Crippen LogP contribution in [0.2, 0.25) is 5.15 Å². The lowest BCUT2D eigenvalue weighted by molar-refractivity contribution is 0.318. The van der Waals surface area contributed by atoms with Crippen LogP contribution in [0.3, 0.4) is 0 Å². The Kier molecular flexibility index (Phi) is 2.92. The number of hydrogen-bond acceptors (Lipinski definition) is 4. The van der Waals surface area contributed by atoms with Gasteiger partial charge in [-0.1, -0.05) is 11.6 Å². The molecule has 0 radical (unpaired) electrons. The zero-order valence-corrected chi connectivity index (χ0v) is 10.7. The van der Waals surface area contributed by atoms with Crippen molar-refractivity contribution in [1.82, 2.24) is 14.9 Å². The van der Waals surface area contributed by atoms with E-state index in [2.05, 4.69) is 20.2 Å². The lowest BCUT2D eigenvalue weighted by Crippen LogP contribution is -2.34. The number of nitrogens with one attached hydrogen (secondary N) is 1. The summed E-state index contributed by atoms with van der Waals surface area (Å²) in [4.78, 5) is 10.9. The second-order valence-corrected chi connectivity index (χ2v) is 5.28. The number of anilines is 1. The lowest BCUT2D eigenvalue weighted by atomic mass is 10.1. The van der Waals surface area contributed by atoms with Gasteiger partial charge in [-0.3, -0.25) is 4.90 Å². The maximum atomic E-state index is 6.01. The Morgan fingerprint density at radius 2 is 2.24 bits per heavy atom. The van der Waals surface area contributed by atoms with E-state index in [4.69, 9.17) is 11.6 Å². The van der Waals surface area contributed by atoms with Gasteiger partial charge in [0.15, 0.2) is 0 Å². The number of fused-ring (bicyclic) bond motifs is 1. The summed E-state index contributed by atoms with van der Waals surface area (Å²) in [6, 6.07) is 1.20. The fraction of sp³-hybridized carbons (Fsp3) is 0.667. The molecule has 5 heteroatoms. The fourth-order valence-electron chi connectivity index (χ4n) is 3.00. The van der Waals surface area contributed by atoms with E-state index in [9.17, 15) is 0 Å². The first-order valence-corrected chi connectivity index (χ1v) is 6.61. The largest absolute Gasteiger partial charge is 0.365 e. The van der Waals surface area contributed by atoms with Crippen LogP contribution in [0.4, 0.5) is 5.82 Å². The highest BCUT2D eigenvalue weighted by Crippen LogP contribution is 2.30. The summed E-state index contributed by atoms with van der Waals surface area (Å²) in [5.41, 5.74) is 0.950. The molecule has 0 amide bonds. The normalized spacial score (nSPS) is 28.4. The van der Waals surface area contributed by atoms with Gasteiger partial charge in [0.25, 0.3) is 0 Å². The molecule has 2 unspecified atom stereocenters. The Bertz CT molecular complexity index is 423. The Hall–Kier alpha value is -0.870. The summed E-state index contributed by atoms with van der Waals surface area (Å²) in [7, 11) is 0.